The zero-order chi connectivity index (χ0) is 9.84. The Morgan fingerprint density at radius 2 is 2.38 bits per heavy atom. The average molecular weight is 216 g/mol. The van der Waals surface area contributed by atoms with E-state index in [4.69, 9.17) is 4.74 Å². The van der Waals surface area contributed by atoms with Crippen molar-refractivity contribution in [2.45, 2.75) is 18.7 Å². The second kappa shape index (κ2) is 4.67. The van der Waals surface area contributed by atoms with Gasteiger partial charge in [0.25, 0.3) is 0 Å². The highest BCUT2D eigenvalue weighted by Gasteiger charge is 2.09. The molecule has 0 saturated heterocycles. The maximum absolute atomic E-state index is 11.3. The summed E-state index contributed by atoms with van der Waals surface area (Å²) in [6.45, 7) is 4.48. The number of carbonyl (C=O) groups excluding carboxylic acids is 1. The summed E-state index contributed by atoms with van der Waals surface area (Å²) in [4.78, 5) is 12.7. The fourth-order valence-electron chi connectivity index (χ4n) is 0.747. The monoisotopic (exact) mass is 216 g/mol. The van der Waals surface area contributed by atoms with Gasteiger partial charge in [0.05, 0.1) is 6.61 Å². The van der Waals surface area contributed by atoms with Crippen molar-refractivity contribution in [1.82, 2.24) is 0 Å². The first-order valence-corrected chi connectivity index (χ1v) is 5.37. The van der Waals surface area contributed by atoms with Crippen LogP contribution in [0.25, 0.3) is 0 Å². The van der Waals surface area contributed by atoms with Crippen molar-refractivity contribution in [3.05, 3.63) is 16.3 Å². The molecule has 0 atom stereocenters. The van der Waals surface area contributed by atoms with Crippen LogP contribution in [0.2, 0.25) is 0 Å². The van der Waals surface area contributed by atoms with E-state index in [1.54, 1.807) is 6.07 Å². The van der Waals surface area contributed by atoms with E-state index in [2.05, 4.69) is 12.6 Å². The van der Waals surface area contributed by atoms with Gasteiger partial charge in [-0.15, -0.1) is 24.0 Å². The van der Waals surface area contributed by atoms with Crippen LogP contribution >= 0.6 is 24.0 Å². The maximum atomic E-state index is 11.3. The smallest absolute Gasteiger partial charge is 0.348 e. The summed E-state index contributed by atoms with van der Waals surface area (Å²) < 4.78 is 5.04. The first-order chi connectivity index (χ1) is 6.09. The van der Waals surface area contributed by atoms with E-state index < -0.39 is 0 Å². The quantitative estimate of drug-likeness (QED) is 0.621. The topological polar surface area (TPSA) is 26.3 Å². The van der Waals surface area contributed by atoms with E-state index in [-0.39, 0.29) is 5.97 Å². The summed E-state index contributed by atoms with van der Waals surface area (Å²) in [7, 11) is 0. The number of hydrogen-bond donors (Lipinski definition) is 1. The summed E-state index contributed by atoms with van der Waals surface area (Å²) in [6.07, 6.45) is 0. The molecule has 13 heavy (non-hydrogen) atoms. The predicted octanol–water partition coefficient (Wildman–Crippen LogP) is 2.85. The molecule has 72 valence electrons. The van der Waals surface area contributed by atoms with Crippen LogP contribution < -0.4 is 0 Å². The highest BCUT2D eigenvalue weighted by Crippen LogP contribution is 2.18. The van der Waals surface area contributed by atoms with Gasteiger partial charge in [0.2, 0.25) is 0 Å². The standard InChI is InChI=1S/C9H12O2S2/c1-6(2)4-11-9(10)8-3-7(12)5-13-8/h3,5-6,12H,4H2,1-2H3. The zero-order valence-electron chi connectivity index (χ0n) is 7.61. The van der Waals surface area contributed by atoms with Gasteiger partial charge in [0.1, 0.15) is 4.88 Å². The number of esters is 1. The van der Waals surface area contributed by atoms with Crippen molar-refractivity contribution in [2.75, 3.05) is 6.61 Å². The molecule has 4 heteroatoms. The Labute approximate surface area is 87.3 Å². The molecule has 1 heterocycles. The first-order valence-electron chi connectivity index (χ1n) is 4.04. The van der Waals surface area contributed by atoms with Crippen LogP contribution in [0.3, 0.4) is 0 Å². The van der Waals surface area contributed by atoms with Crippen LogP contribution in [-0.2, 0) is 4.74 Å². The van der Waals surface area contributed by atoms with Crippen LogP contribution in [0.15, 0.2) is 16.3 Å². The largest absolute Gasteiger partial charge is 0.461 e. The van der Waals surface area contributed by atoms with Crippen molar-refractivity contribution in [3.63, 3.8) is 0 Å². The van der Waals surface area contributed by atoms with E-state index in [0.29, 0.717) is 17.4 Å². The van der Waals surface area contributed by atoms with E-state index in [1.165, 1.54) is 11.3 Å². The third-order valence-electron chi connectivity index (χ3n) is 1.33. The third-order valence-corrected chi connectivity index (χ3v) is 2.68. The number of rotatable bonds is 3. The van der Waals surface area contributed by atoms with Gasteiger partial charge >= 0.3 is 5.97 Å². The summed E-state index contributed by atoms with van der Waals surface area (Å²) in [5.41, 5.74) is 0. The fraction of sp³-hybridized carbons (Fsp3) is 0.444. The van der Waals surface area contributed by atoms with Gasteiger partial charge in [-0.1, -0.05) is 13.8 Å². The van der Waals surface area contributed by atoms with Crippen LogP contribution in [-0.4, -0.2) is 12.6 Å². The lowest BCUT2D eigenvalue weighted by Crippen LogP contribution is -2.08. The molecule has 0 aliphatic heterocycles. The molecular formula is C9H12O2S2. The average Bonchev–Trinajstić information content (AvgIpc) is 2.47. The molecule has 2 nitrogen and oxygen atoms in total. The molecule has 0 spiro atoms. The van der Waals surface area contributed by atoms with Crippen LogP contribution in [0.1, 0.15) is 23.5 Å². The minimum Gasteiger partial charge on any atom is -0.461 e. The Balaban J connectivity index is 2.49. The third kappa shape index (κ3) is 3.40. The van der Waals surface area contributed by atoms with E-state index in [1.807, 2.05) is 19.2 Å². The van der Waals surface area contributed by atoms with Gasteiger partial charge in [0.15, 0.2) is 0 Å². The van der Waals surface area contributed by atoms with Crippen LogP contribution in [0.5, 0.6) is 0 Å². The molecule has 1 rings (SSSR count). The lowest BCUT2D eigenvalue weighted by molar-refractivity contribution is 0.0464. The van der Waals surface area contributed by atoms with Crippen molar-refractivity contribution in [1.29, 1.82) is 0 Å². The van der Waals surface area contributed by atoms with Crippen molar-refractivity contribution in [3.8, 4) is 0 Å². The van der Waals surface area contributed by atoms with Crippen LogP contribution in [0, 0.1) is 5.92 Å². The lowest BCUT2D eigenvalue weighted by atomic mass is 10.2. The molecule has 0 radical (unpaired) electrons. The fourth-order valence-corrected chi connectivity index (χ4v) is 1.79. The number of thiol groups is 1. The molecule has 0 amide bonds. The Bertz CT molecular complexity index is 292. The van der Waals surface area contributed by atoms with Gasteiger partial charge in [-0.2, -0.15) is 0 Å². The second-order valence-electron chi connectivity index (χ2n) is 3.16. The first kappa shape index (κ1) is 10.6. The van der Waals surface area contributed by atoms with Crippen molar-refractivity contribution in [2.24, 2.45) is 5.92 Å². The molecule has 0 saturated carbocycles. The zero-order valence-corrected chi connectivity index (χ0v) is 9.32. The molecule has 0 fully saturated rings. The summed E-state index contributed by atoms with van der Waals surface area (Å²) in [5.74, 6) is 0.124. The molecule has 0 bridgehead atoms. The number of hydrogen-bond acceptors (Lipinski definition) is 4. The van der Waals surface area contributed by atoms with Crippen molar-refractivity contribution >= 4 is 29.9 Å². The Kier molecular flexibility index (Phi) is 3.81. The van der Waals surface area contributed by atoms with Crippen molar-refractivity contribution < 1.29 is 9.53 Å². The second-order valence-corrected chi connectivity index (χ2v) is 4.59. The van der Waals surface area contributed by atoms with Gasteiger partial charge in [0, 0.05) is 10.3 Å². The van der Waals surface area contributed by atoms with Gasteiger partial charge in [-0.3, -0.25) is 0 Å². The molecule has 0 unspecified atom stereocenters. The van der Waals surface area contributed by atoms with Gasteiger partial charge < -0.3 is 4.74 Å². The number of ether oxygens (including phenoxy) is 1. The Morgan fingerprint density at radius 1 is 1.69 bits per heavy atom. The summed E-state index contributed by atoms with van der Waals surface area (Å²) in [6, 6.07) is 1.72. The lowest BCUT2D eigenvalue weighted by Gasteiger charge is -2.04. The maximum Gasteiger partial charge on any atom is 0.348 e. The number of thiophene rings is 1. The molecule has 1 aromatic rings. The molecule has 0 N–H and O–H groups in total. The van der Waals surface area contributed by atoms with E-state index >= 15 is 0 Å². The molecule has 0 aliphatic carbocycles. The van der Waals surface area contributed by atoms with Gasteiger partial charge in [-0.05, 0) is 12.0 Å². The molecular weight excluding hydrogens is 204 g/mol. The highest BCUT2D eigenvalue weighted by molar-refractivity contribution is 7.80. The van der Waals surface area contributed by atoms with E-state index in [9.17, 15) is 4.79 Å². The highest BCUT2D eigenvalue weighted by atomic mass is 32.1. The van der Waals surface area contributed by atoms with Gasteiger partial charge in [-0.25, -0.2) is 4.79 Å². The summed E-state index contributed by atoms with van der Waals surface area (Å²) >= 11 is 5.47. The normalized spacial score (nSPS) is 10.5. The van der Waals surface area contributed by atoms with Crippen LogP contribution in [0.4, 0.5) is 0 Å². The van der Waals surface area contributed by atoms with E-state index in [0.717, 1.165) is 4.90 Å². The minimum absolute atomic E-state index is 0.251. The molecule has 0 aliphatic rings. The Morgan fingerprint density at radius 3 is 2.85 bits per heavy atom. The predicted molar refractivity (Wildman–Crippen MR) is 56.7 cm³/mol. The molecule has 1 aromatic heterocycles. The molecule has 0 aromatic carbocycles. The minimum atomic E-state index is -0.251. The SMILES string of the molecule is CC(C)COC(=O)c1cc(S)cs1. The number of carbonyl (C=O) groups is 1. The Hall–Kier alpha value is -0.480. The summed E-state index contributed by atoms with van der Waals surface area (Å²) in [5, 5.41) is 1.81.